The van der Waals surface area contributed by atoms with Crippen LogP contribution < -0.4 is 0 Å². The second kappa shape index (κ2) is 2.91. The first kappa shape index (κ1) is 7.81. The Bertz CT molecular complexity index is 291. The first-order chi connectivity index (χ1) is 5.79. The summed E-state index contributed by atoms with van der Waals surface area (Å²) in [5.74, 6) is 0. The van der Waals surface area contributed by atoms with Gasteiger partial charge in [0.15, 0.2) is 0 Å². The van der Waals surface area contributed by atoms with Gasteiger partial charge in [0.1, 0.15) is 0 Å². The van der Waals surface area contributed by atoms with Gasteiger partial charge in [0.05, 0.1) is 6.10 Å². The molecular weight excluding hydrogens is 148 g/mol. The maximum Gasteiger partial charge on any atom is 0.0621 e. The van der Waals surface area contributed by atoms with Crippen LogP contribution in [0, 0.1) is 0 Å². The molecule has 0 amide bonds. The van der Waals surface area contributed by atoms with E-state index >= 15 is 0 Å². The first-order valence-corrected chi connectivity index (χ1v) is 4.58. The molecule has 2 rings (SSSR count). The third kappa shape index (κ3) is 1.25. The van der Waals surface area contributed by atoms with Crippen LogP contribution in [0.2, 0.25) is 0 Å². The van der Waals surface area contributed by atoms with Crippen molar-refractivity contribution in [2.75, 3.05) is 0 Å². The second-order valence-corrected chi connectivity index (χ2v) is 3.52. The van der Waals surface area contributed by atoms with Crippen LogP contribution in [0.3, 0.4) is 0 Å². The van der Waals surface area contributed by atoms with Gasteiger partial charge in [-0.25, -0.2) is 0 Å². The summed E-state index contributed by atoms with van der Waals surface area (Å²) in [6.45, 7) is 2.16. The summed E-state index contributed by atoms with van der Waals surface area (Å²) in [6, 6.07) is 6.55. The summed E-state index contributed by atoms with van der Waals surface area (Å²) >= 11 is 0. The molecule has 12 heavy (non-hydrogen) atoms. The molecule has 1 atom stereocenters. The zero-order chi connectivity index (χ0) is 8.55. The van der Waals surface area contributed by atoms with Gasteiger partial charge in [-0.05, 0) is 36.0 Å². The van der Waals surface area contributed by atoms with Crippen LogP contribution in [0.15, 0.2) is 18.2 Å². The van der Waals surface area contributed by atoms with Gasteiger partial charge in [-0.1, -0.05) is 25.1 Å². The fourth-order valence-electron chi connectivity index (χ4n) is 1.87. The SMILES string of the molecule is CCc1ccc2c(c1)C[C@@H](O)C2. The molecule has 1 aromatic carbocycles. The van der Waals surface area contributed by atoms with E-state index in [4.69, 9.17) is 0 Å². The standard InChI is InChI=1S/C11H14O/c1-2-8-3-4-9-6-11(12)7-10(9)5-8/h3-5,11-12H,2,6-7H2,1H3/t11-/m0/s1. The van der Waals surface area contributed by atoms with Crippen molar-refractivity contribution in [2.45, 2.75) is 32.3 Å². The molecule has 0 bridgehead atoms. The van der Waals surface area contributed by atoms with Gasteiger partial charge in [0, 0.05) is 0 Å². The highest BCUT2D eigenvalue weighted by atomic mass is 16.3. The van der Waals surface area contributed by atoms with E-state index < -0.39 is 0 Å². The van der Waals surface area contributed by atoms with E-state index in [0.717, 1.165) is 19.3 Å². The number of rotatable bonds is 1. The zero-order valence-electron chi connectivity index (χ0n) is 7.38. The number of hydrogen-bond acceptors (Lipinski definition) is 1. The van der Waals surface area contributed by atoms with E-state index in [1.54, 1.807) is 0 Å². The predicted octanol–water partition coefficient (Wildman–Crippen LogP) is 1.71. The van der Waals surface area contributed by atoms with Crippen LogP contribution in [-0.4, -0.2) is 11.2 Å². The van der Waals surface area contributed by atoms with Gasteiger partial charge in [-0.3, -0.25) is 0 Å². The molecule has 1 nitrogen and oxygen atoms in total. The molecule has 0 saturated carbocycles. The number of hydrogen-bond donors (Lipinski definition) is 1. The Kier molecular flexibility index (Phi) is 1.89. The lowest BCUT2D eigenvalue weighted by atomic mass is 10.1. The van der Waals surface area contributed by atoms with Gasteiger partial charge in [-0.15, -0.1) is 0 Å². The van der Waals surface area contributed by atoms with Crippen LogP contribution in [-0.2, 0) is 19.3 Å². The van der Waals surface area contributed by atoms with Crippen LogP contribution in [0.4, 0.5) is 0 Å². The minimum absolute atomic E-state index is 0.132. The highest BCUT2D eigenvalue weighted by Crippen LogP contribution is 2.23. The Labute approximate surface area is 73.0 Å². The van der Waals surface area contributed by atoms with Crippen molar-refractivity contribution in [1.29, 1.82) is 0 Å². The number of fused-ring (bicyclic) bond motifs is 1. The molecule has 0 aromatic heterocycles. The first-order valence-electron chi connectivity index (χ1n) is 4.58. The molecule has 0 spiro atoms. The Morgan fingerprint density at radius 2 is 2.08 bits per heavy atom. The van der Waals surface area contributed by atoms with E-state index in [9.17, 15) is 5.11 Å². The third-order valence-corrected chi connectivity index (χ3v) is 2.59. The summed E-state index contributed by atoms with van der Waals surface area (Å²) in [5.41, 5.74) is 4.06. The van der Waals surface area contributed by atoms with Crippen molar-refractivity contribution in [3.63, 3.8) is 0 Å². The number of aryl methyl sites for hydroxylation is 1. The fraction of sp³-hybridized carbons (Fsp3) is 0.455. The van der Waals surface area contributed by atoms with E-state index in [1.807, 2.05) is 0 Å². The molecular formula is C11H14O. The van der Waals surface area contributed by atoms with Crippen molar-refractivity contribution in [2.24, 2.45) is 0 Å². The third-order valence-electron chi connectivity index (χ3n) is 2.59. The molecule has 0 saturated heterocycles. The molecule has 0 unspecified atom stereocenters. The number of aliphatic hydroxyl groups excluding tert-OH is 1. The average Bonchev–Trinajstić information content (AvgIpc) is 2.43. The smallest absolute Gasteiger partial charge is 0.0621 e. The van der Waals surface area contributed by atoms with Crippen molar-refractivity contribution in [3.8, 4) is 0 Å². The van der Waals surface area contributed by atoms with E-state index in [2.05, 4.69) is 25.1 Å². The lowest BCUT2D eigenvalue weighted by molar-refractivity contribution is 0.187. The average molecular weight is 162 g/mol. The molecule has 1 heteroatoms. The van der Waals surface area contributed by atoms with Crippen LogP contribution in [0.5, 0.6) is 0 Å². The monoisotopic (exact) mass is 162 g/mol. The Morgan fingerprint density at radius 1 is 1.33 bits per heavy atom. The highest BCUT2D eigenvalue weighted by molar-refractivity contribution is 5.36. The summed E-state index contributed by atoms with van der Waals surface area (Å²) in [4.78, 5) is 0. The van der Waals surface area contributed by atoms with Crippen LogP contribution in [0.25, 0.3) is 0 Å². The van der Waals surface area contributed by atoms with Gasteiger partial charge in [-0.2, -0.15) is 0 Å². The lowest BCUT2D eigenvalue weighted by Crippen LogP contribution is -2.03. The second-order valence-electron chi connectivity index (χ2n) is 3.52. The minimum atomic E-state index is -0.132. The van der Waals surface area contributed by atoms with Crippen LogP contribution in [0.1, 0.15) is 23.6 Å². The zero-order valence-corrected chi connectivity index (χ0v) is 7.38. The topological polar surface area (TPSA) is 20.2 Å². The predicted molar refractivity (Wildman–Crippen MR) is 49.2 cm³/mol. The molecule has 64 valence electrons. The summed E-state index contributed by atoms with van der Waals surface area (Å²) < 4.78 is 0. The Hall–Kier alpha value is -0.820. The van der Waals surface area contributed by atoms with E-state index in [1.165, 1.54) is 16.7 Å². The molecule has 0 aliphatic heterocycles. The maximum absolute atomic E-state index is 9.41. The summed E-state index contributed by atoms with van der Waals surface area (Å²) in [6.07, 6.45) is 2.65. The van der Waals surface area contributed by atoms with Gasteiger partial charge < -0.3 is 5.11 Å². The highest BCUT2D eigenvalue weighted by Gasteiger charge is 2.18. The molecule has 0 fully saturated rings. The summed E-state index contributed by atoms with van der Waals surface area (Å²) in [5, 5.41) is 9.41. The van der Waals surface area contributed by atoms with Crippen LogP contribution >= 0.6 is 0 Å². The number of benzene rings is 1. The van der Waals surface area contributed by atoms with Crippen molar-refractivity contribution in [1.82, 2.24) is 0 Å². The van der Waals surface area contributed by atoms with E-state index in [-0.39, 0.29) is 6.10 Å². The lowest BCUT2D eigenvalue weighted by Gasteiger charge is -2.00. The molecule has 0 heterocycles. The fourth-order valence-corrected chi connectivity index (χ4v) is 1.87. The van der Waals surface area contributed by atoms with Crippen molar-refractivity contribution in [3.05, 3.63) is 34.9 Å². The summed E-state index contributed by atoms with van der Waals surface area (Å²) in [7, 11) is 0. The molecule has 0 radical (unpaired) electrons. The van der Waals surface area contributed by atoms with Crippen molar-refractivity contribution < 1.29 is 5.11 Å². The van der Waals surface area contributed by atoms with Gasteiger partial charge in [0.2, 0.25) is 0 Å². The maximum atomic E-state index is 9.41. The number of aliphatic hydroxyl groups is 1. The van der Waals surface area contributed by atoms with Gasteiger partial charge >= 0.3 is 0 Å². The molecule has 1 aliphatic carbocycles. The minimum Gasteiger partial charge on any atom is -0.392 e. The normalized spacial score (nSPS) is 21.0. The molecule has 1 aromatic rings. The molecule has 1 aliphatic rings. The Morgan fingerprint density at radius 3 is 2.83 bits per heavy atom. The van der Waals surface area contributed by atoms with Gasteiger partial charge in [0.25, 0.3) is 0 Å². The quantitative estimate of drug-likeness (QED) is 0.666. The largest absolute Gasteiger partial charge is 0.392 e. The Balaban J connectivity index is 2.35. The molecule has 1 N–H and O–H groups in total. The van der Waals surface area contributed by atoms with Crippen molar-refractivity contribution >= 4 is 0 Å². The van der Waals surface area contributed by atoms with E-state index in [0.29, 0.717) is 0 Å².